The molecule has 0 aliphatic heterocycles. The third-order valence-corrected chi connectivity index (χ3v) is 5.18. The fraction of sp³-hybridized carbons (Fsp3) is 0.636. The van der Waals surface area contributed by atoms with Gasteiger partial charge in [0, 0.05) is 0 Å². The maximum absolute atomic E-state index is 5.61. The Morgan fingerprint density at radius 3 is 2.17 bits per heavy atom. The van der Waals surface area contributed by atoms with Crippen LogP contribution in [0.25, 0.3) is 0 Å². The Morgan fingerprint density at radius 2 is 1.57 bits per heavy atom. The van der Waals surface area contributed by atoms with Crippen LogP contribution >= 0.6 is 0 Å². The Kier molecular flexibility index (Phi) is 8.28. The lowest BCUT2D eigenvalue weighted by Gasteiger charge is -2.28. The lowest BCUT2D eigenvalue weighted by molar-refractivity contribution is 0.252. The highest BCUT2D eigenvalue weighted by atomic mass is 16.5. The van der Waals surface area contributed by atoms with Gasteiger partial charge in [-0.15, -0.1) is 0 Å². The highest BCUT2D eigenvalue weighted by Crippen LogP contribution is 2.33. The van der Waals surface area contributed by atoms with E-state index in [0.29, 0.717) is 0 Å². The lowest BCUT2D eigenvalue weighted by Crippen LogP contribution is -2.15. The SMILES string of the molecule is CCCC=COc1ccc(CCC2CCC(CCC)CC2)cc1. The Balaban J connectivity index is 1.68. The number of aryl methyl sites for hydroxylation is 1. The molecule has 1 aromatic rings. The molecule has 0 radical (unpaired) electrons. The second-order valence-corrected chi connectivity index (χ2v) is 7.14. The summed E-state index contributed by atoms with van der Waals surface area (Å²) in [7, 11) is 0. The molecule has 0 atom stereocenters. The maximum atomic E-state index is 5.61. The molecular weight excluding hydrogens is 280 g/mol. The van der Waals surface area contributed by atoms with E-state index in [-0.39, 0.29) is 0 Å². The van der Waals surface area contributed by atoms with Crippen molar-refractivity contribution in [3.8, 4) is 5.75 Å². The molecule has 0 aromatic heterocycles. The summed E-state index contributed by atoms with van der Waals surface area (Å²) >= 11 is 0. The van der Waals surface area contributed by atoms with E-state index in [9.17, 15) is 0 Å². The van der Waals surface area contributed by atoms with Gasteiger partial charge in [0.15, 0.2) is 0 Å². The zero-order valence-corrected chi connectivity index (χ0v) is 15.1. The van der Waals surface area contributed by atoms with E-state index in [0.717, 1.165) is 24.0 Å². The molecule has 1 fully saturated rings. The van der Waals surface area contributed by atoms with Gasteiger partial charge in [0.25, 0.3) is 0 Å². The molecule has 1 aromatic carbocycles. The highest BCUT2D eigenvalue weighted by molar-refractivity contribution is 5.28. The second-order valence-electron chi connectivity index (χ2n) is 7.14. The quantitative estimate of drug-likeness (QED) is 0.449. The number of hydrogen-bond acceptors (Lipinski definition) is 1. The van der Waals surface area contributed by atoms with Crippen molar-refractivity contribution in [2.24, 2.45) is 11.8 Å². The van der Waals surface area contributed by atoms with Gasteiger partial charge in [0.2, 0.25) is 0 Å². The smallest absolute Gasteiger partial charge is 0.126 e. The Morgan fingerprint density at radius 1 is 0.913 bits per heavy atom. The minimum atomic E-state index is 0.946. The average molecular weight is 315 g/mol. The van der Waals surface area contributed by atoms with Crippen molar-refractivity contribution < 1.29 is 4.74 Å². The molecule has 1 saturated carbocycles. The summed E-state index contributed by atoms with van der Waals surface area (Å²) in [4.78, 5) is 0. The van der Waals surface area contributed by atoms with Crippen molar-refractivity contribution in [3.05, 3.63) is 42.2 Å². The normalized spacial score (nSPS) is 21.7. The zero-order valence-electron chi connectivity index (χ0n) is 15.1. The van der Waals surface area contributed by atoms with Crippen molar-refractivity contribution in [3.63, 3.8) is 0 Å². The molecule has 1 heteroatoms. The number of allylic oxidation sites excluding steroid dienone is 1. The zero-order chi connectivity index (χ0) is 16.3. The van der Waals surface area contributed by atoms with Crippen LogP contribution in [0.15, 0.2) is 36.6 Å². The van der Waals surface area contributed by atoms with Gasteiger partial charge in [-0.05, 0) is 54.9 Å². The molecule has 1 aliphatic rings. The van der Waals surface area contributed by atoms with Crippen LogP contribution in [0, 0.1) is 11.8 Å². The molecule has 0 saturated heterocycles. The van der Waals surface area contributed by atoms with Crippen LogP contribution < -0.4 is 4.74 Å². The van der Waals surface area contributed by atoms with Gasteiger partial charge < -0.3 is 4.74 Å². The van der Waals surface area contributed by atoms with Gasteiger partial charge in [-0.1, -0.05) is 70.9 Å². The predicted octanol–water partition coefficient (Wildman–Crippen LogP) is 6.92. The molecule has 23 heavy (non-hydrogen) atoms. The number of unbranched alkanes of at least 4 members (excludes halogenated alkanes) is 1. The molecule has 0 bridgehead atoms. The van der Waals surface area contributed by atoms with Crippen LogP contribution in [0.5, 0.6) is 5.75 Å². The van der Waals surface area contributed by atoms with Crippen LogP contribution in [0.2, 0.25) is 0 Å². The largest absolute Gasteiger partial charge is 0.465 e. The molecule has 128 valence electrons. The Labute approximate surface area is 143 Å². The lowest BCUT2D eigenvalue weighted by atomic mass is 9.78. The molecule has 0 spiro atoms. The van der Waals surface area contributed by atoms with Gasteiger partial charge in [-0.2, -0.15) is 0 Å². The van der Waals surface area contributed by atoms with Gasteiger partial charge in [-0.3, -0.25) is 0 Å². The summed E-state index contributed by atoms with van der Waals surface area (Å²) in [6, 6.07) is 8.66. The third-order valence-electron chi connectivity index (χ3n) is 5.18. The number of benzene rings is 1. The van der Waals surface area contributed by atoms with Crippen molar-refractivity contribution in [2.45, 2.75) is 78.1 Å². The van der Waals surface area contributed by atoms with Crippen LogP contribution in [0.3, 0.4) is 0 Å². The van der Waals surface area contributed by atoms with Gasteiger partial charge in [-0.25, -0.2) is 0 Å². The monoisotopic (exact) mass is 314 g/mol. The highest BCUT2D eigenvalue weighted by Gasteiger charge is 2.20. The summed E-state index contributed by atoms with van der Waals surface area (Å²) in [5.74, 6) is 2.92. The van der Waals surface area contributed by atoms with Crippen LogP contribution in [0.1, 0.15) is 77.2 Å². The van der Waals surface area contributed by atoms with E-state index >= 15 is 0 Å². The minimum absolute atomic E-state index is 0.946. The molecule has 1 aliphatic carbocycles. The van der Waals surface area contributed by atoms with Gasteiger partial charge in [0.05, 0.1) is 6.26 Å². The van der Waals surface area contributed by atoms with Gasteiger partial charge >= 0.3 is 0 Å². The van der Waals surface area contributed by atoms with Gasteiger partial charge in [0.1, 0.15) is 5.75 Å². The summed E-state index contributed by atoms with van der Waals surface area (Å²) in [6.07, 6.45) is 17.4. The Bertz CT molecular complexity index is 438. The molecule has 1 nitrogen and oxygen atoms in total. The molecule has 0 N–H and O–H groups in total. The van der Waals surface area contributed by atoms with Crippen molar-refractivity contribution in [2.75, 3.05) is 0 Å². The number of rotatable bonds is 9. The number of hydrogen-bond donors (Lipinski definition) is 0. The summed E-state index contributed by atoms with van der Waals surface area (Å²) in [5.41, 5.74) is 1.45. The van der Waals surface area contributed by atoms with E-state index in [1.165, 1.54) is 63.4 Å². The summed E-state index contributed by atoms with van der Waals surface area (Å²) in [5, 5.41) is 0. The standard InChI is InChI=1S/C22H34O/c1-3-5-6-18-23-22-16-14-21(15-17-22)13-12-20-10-8-19(7-4-2)9-11-20/h6,14-20H,3-5,7-13H2,1-2H3. The molecule has 0 unspecified atom stereocenters. The molecule has 0 heterocycles. The van der Waals surface area contributed by atoms with E-state index in [4.69, 9.17) is 4.74 Å². The third kappa shape index (κ3) is 6.81. The van der Waals surface area contributed by atoms with Crippen LogP contribution in [-0.4, -0.2) is 0 Å². The molecular formula is C22H34O. The van der Waals surface area contributed by atoms with E-state index in [1.54, 1.807) is 0 Å². The van der Waals surface area contributed by atoms with E-state index in [2.05, 4.69) is 44.2 Å². The first kappa shape index (κ1) is 18.1. The fourth-order valence-corrected chi connectivity index (χ4v) is 3.68. The maximum Gasteiger partial charge on any atom is 0.126 e. The first-order valence-electron chi connectivity index (χ1n) is 9.72. The van der Waals surface area contributed by atoms with E-state index in [1.807, 2.05) is 6.26 Å². The topological polar surface area (TPSA) is 9.23 Å². The first-order chi connectivity index (χ1) is 11.3. The number of ether oxygens (including phenoxy) is 1. The predicted molar refractivity (Wildman–Crippen MR) is 99.8 cm³/mol. The van der Waals surface area contributed by atoms with Crippen molar-refractivity contribution in [1.29, 1.82) is 0 Å². The fourth-order valence-electron chi connectivity index (χ4n) is 3.68. The van der Waals surface area contributed by atoms with Crippen LogP contribution in [0.4, 0.5) is 0 Å². The van der Waals surface area contributed by atoms with Crippen LogP contribution in [-0.2, 0) is 6.42 Å². The minimum Gasteiger partial charge on any atom is -0.465 e. The summed E-state index contributed by atoms with van der Waals surface area (Å²) in [6.45, 7) is 4.49. The molecule has 2 rings (SSSR count). The Hall–Kier alpha value is -1.24. The first-order valence-corrected chi connectivity index (χ1v) is 9.72. The van der Waals surface area contributed by atoms with Crippen molar-refractivity contribution >= 4 is 0 Å². The van der Waals surface area contributed by atoms with E-state index < -0.39 is 0 Å². The van der Waals surface area contributed by atoms with Crippen molar-refractivity contribution in [1.82, 2.24) is 0 Å². The molecule has 0 amide bonds. The summed E-state index contributed by atoms with van der Waals surface area (Å²) < 4.78 is 5.61. The second kappa shape index (κ2) is 10.5. The average Bonchev–Trinajstić information content (AvgIpc) is 2.59.